The highest BCUT2D eigenvalue weighted by atomic mass is 16.6. The Morgan fingerprint density at radius 3 is 2.63 bits per heavy atom. The van der Waals surface area contributed by atoms with E-state index in [9.17, 15) is 14.9 Å². The zero-order valence-electron chi connectivity index (χ0n) is 11.5. The summed E-state index contributed by atoms with van der Waals surface area (Å²) < 4.78 is 1.52. The van der Waals surface area contributed by atoms with Crippen molar-refractivity contribution in [3.63, 3.8) is 0 Å². The molecule has 1 atom stereocenters. The number of anilines is 1. The second-order valence-corrected chi connectivity index (χ2v) is 4.45. The third-order valence-electron chi connectivity index (χ3n) is 2.88. The summed E-state index contributed by atoms with van der Waals surface area (Å²) in [6.45, 7) is 5.62. The molecule has 0 spiro atoms. The molecule has 0 radical (unpaired) electrons. The fourth-order valence-corrected chi connectivity index (χ4v) is 1.95. The van der Waals surface area contributed by atoms with Gasteiger partial charge in [0.1, 0.15) is 5.69 Å². The van der Waals surface area contributed by atoms with E-state index in [1.807, 2.05) is 6.92 Å². The number of hydrogen-bond donors (Lipinski definition) is 1. The third kappa shape index (κ3) is 3.01. The van der Waals surface area contributed by atoms with Crippen molar-refractivity contribution in [1.82, 2.24) is 9.78 Å². The van der Waals surface area contributed by atoms with Crippen LogP contribution < -0.4 is 4.90 Å². The minimum absolute atomic E-state index is 0.0676. The van der Waals surface area contributed by atoms with Crippen LogP contribution in [-0.4, -0.2) is 39.4 Å². The van der Waals surface area contributed by atoms with Gasteiger partial charge in [-0.3, -0.25) is 14.9 Å². The van der Waals surface area contributed by atoms with Gasteiger partial charge in [-0.25, -0.2) is 4.68 Å². The molecule has 0 saturated heterocycles. The van der Waals surface area contributed by atoms with Gasteiger partial charge in [0.15, 0.2) is 0 Å². The van der Waals surface area contributed by atoms with Crippen LogP contribution >= 0.6 is 0 Å². The molecule has 1 heterocycles. The molecule has 1 rings (SSSR count). The number of carbonyl (C=O) groups is 1. The van der Waals surface area contributed by atoms with Crippen LogP contribution in [0.2, 0.25) is 0 Å². The first-order valence-electron chi connectivity index (χ1n) is 5.95. The van der Waals surface area contributed by atoms with E-state index >= 15 is 0 Å². The minimum atomic E-state index is -0.936. The van der Waals surface area contributed by atoms with Crippen molar-refractivity contribution in [1.29, 1.82) is 0 Å². The van der Waals surface area contributed by atoms with Crippen LogP contribution in [0.3, 0.4) is 0 Å². The standard InChI is InChI=1S/C11H18N4O4/c1-5-14-10(9(15(18)19)8(3)12-14)13(4)6-7(2)11(16)17/h7H,5-6H2,1-4H3,(H,16,17). The highest BCUT2D eigenvalue weighted by Gasteiger charge is 2.28. The van der Waals surface area contributed by atoms with E-state index in [2.05, 4.69) is 5.10 Å². The molecule has 0 aromatic carbocycles. The van der Waals surface area contributed by atoms with Gasteiger partial charge in [0.25, 0.3) is 0 Å². The maximum Gasteiger partial charge on any atom is 0.333 e. The molecule has 8 nitrogen and oxygen atoms in total. The molecule has 1 N–H and O–H groups in total. The van der Waals surface area contributed by atoms with Crippen molar-refractivity contribution in [2.75, 3.05) is 18.5 Å². The van der Waals surface area contributed by atoms with Crippen molar-refractivity contribution in [3.8, 4) is 0 Å². The van der Waals surface area contributed by atoms with Gasteiger partial charge in [-0.05, 0) is 13.8 Å². The average molecular weight is 270 g/mol. The van der Waals surface area contributed by atoms with Crippen LogP contribution in [0.25, 0.3) is 0 Å². The van der Waals surface area contributed by atoms with Crippen molar-refractivity contribution in [2.45, 2.75) is 27.3 Å². The normalized spacial score (nSPS) is 12.2. The molecule has 0 saturated carbocycles. The Morgan fingerprint density at radius 2 is 2.21 bits per heavy atom. The number of carboxylic acids is 1. The Bertz CT molecular complexity index is 497. The molecule has 0 aliphatic carbocycles. The zero-order valence-corrected chi connectivity index (χ0v) is 11.5. The average Bonchev–Trinajstić information content (AvgIpc) is 2.65. The number of aliphatic carboxylic acids is 1. The lowest BCUT2D eigenvalue weighted by atomic mass is 10.2. The number of nitro groups is 1. The topological polar surface area (TPSA) is 101 Å². The molecule has 19 heavy (non-hydrogen) atoms. The van der Waals surface area contributed by atoms with Gasteiger partial charge < -0.3 is 10.0 Å². The Hall–Kier alpha value is -2.12. The predicted molar refractivity (Wildman–Crippen MR) is 69.4 cm³/mol. The van der Waals surface area contributed by atoms with E-state index in [1.165, 1.54) is 4.68 Å². The smallest absolute Gasteiger partial charge is 0.333 e. The lowest BCUT2D eigenvalue weighted by Crippen LogP contribution is -2.30. The maximum absolute atomic E-state index is 11.1. The Kier molecular flexibility index (Phi) is 4.47. The van der Waals surface area contributed by atoms with E-state index in [1.54, 1.807) is 25.8 Å². The summed E-state index contributed by atoms with van der Waals surface area (Å²) in [5, 5.41) is 24.1. The molecule has 106 valence electrons. The first-order chi connectivity index (χ1) is 8.79. The fourth-order valence-electron chi connectivity index (χ4n) is 1.95. The monoisotopic (exact) mass is 270 g/mol. The molecule has 1 aromatic heterocycles. The maximum atomic E-state index is 11.1. The van der Waals surface area contributed by atoms with E-state index in [0.29, 0.717) is 18.1 Å². The van der Waals surface area contributed by atoms with Crippen molar-refractivity contribution >= 4 is 17.5 Å². The lowest BCUT2D eigenvalue weighted by molar-refractivity contribution is -0.384. The van der Waals surface area contributed by atoms with Gasteiger partial charge in [0, 0.05) is 20.1 Å². The van der Waals surface area contributed by atoms with Gasteiger partial charge in [-0.1, -0.05) is 6.92 Å². The van der Waals surface area contributed by atoms with Crippen LogP contribution in [0.4, 0.5) is 11.5 Å². The van der Waals surface area contributed by atoms with Crippen molar-refractivity contribution in [3.05, 3.63) is 15.8 Å². The summed E-state index contributed by atoms with van der Waals surface area (Å²) >= 11 is 0. The fraction of sp³-hybridized carbons (Fsp3) is 0.636. The lowest BCUT2D eigenvalue weighted by Gasteiger charge is -2.21. The van der Waals surface area contributed by atoms with Gasteiger partial charge in [-0.2, -0.15) is 5.10 Å². The number of nitrogens with zero attached hydrogens (tertiary/aromatic N) is 4. The van der Waals surface area contributed by atoms with Crippen LogP contribution in [-0.2, 0) is 11.3 Å². The Morgan fingerprint density at radius 1 is 1.63 bits per heavy atom. The number of aryl methyl sites for hydroxylation is 2. The highest BCUT2D eigenvalue weighted by molar-refractivity contribution is 5.71. The van der Waals surface area contributed by atoms with Crippen LogP contribution in [0, 0.1) is 23.0 Å². The van der Waals surface area contributed by atoms with Crippen LogP contribution in [0.1, 0.15) is 19.5 Å². The summed E-state index contributed by atoms with van der Waals surface area (Å²) in [5.41, 5.74) is 0.263. The second-order valence-electron chi connectivity index (χ2n) is 4.45. The van der Waals surface area contributed by atoms with Crippen molar-refractivity contribution < 1.29 is 14.8 Å². The number of hydrogen-bond acceptors (Lipinski definition) is 5. The SMILES string of the molecule is CCn1nc(C)c([N+](=O)[O-])c1N(C)CC(C)C(=O)O. The number of carboxylic acid groups (broad SMARTS) is 1. The minimum Gasteiger partial charge on any atom is -0.481 e. The quantitative estimate of drug-likeness (QED) is 0.617. The van der Waals surface area contributed by atoms with E-state index in [0.717, 1.165) is 0 Å². The summed E-state index contributed by atoms with van der Waals surface area (Å²) in [5.74, 6) is -1.21. The second kappa shape index (κ2) is 5.68. The van der Waals surface area contributed by atoms with Gasteiger partial charge in [-0.15, -0.1) is 0 Å². The summed E-state index contributed by atoms with van der Waals surface area (Å²) in [6.07, 6.45) is 0. The third-order valence-corrected chi connectivity index (χ3v) is 2.88. The number of aromatic nitrogens is 2. The largest absolute Gasteiger partial charge is 0.481 e. The van der Waals surface area contributed by atoms with Crippen LogP contribution in [0.15, 0.2) is 0 Å². The first-order valence-corrected chi connectivity index (χ1v) is 5.95. The predicted octanol–water partition coefficient (Wildman–Crippen LogP) is 1.28. The molecule has 0 amide bonds. The summed E-state index contributed by atoms with van der Waals surface area (Å²) in [4.78, 5) is 23.1. The number of rotatable bonds is 6. The summed E-state index contributed by atoms with van der Waals surface area (Å²) in [7, 11) is 1.63. The van der Waals surface area contributed by atoms with E-state index < -0.39 is 16.8 Å². The molecular formula is C11H18N4O4. The molecule has 1 unspecified atom stereocenters. The molecule has 0 bridgehead atoms. The van der Waals surface area contributed by atoms with E-state index in [4.69, 9.17) is 5.11 Å². The van der Waals surface area contributed by atoms with Crippen LogP contribution in [0.5, 0.6) is 0 Å². The molecule has 0 aliphatic rings. The Labute approximate surface area is 110 Å². The van der Waals surface area contributed by atoms with Gasteiger partial charge >= 0.3 is 11.7 Å². The summed E-state index contributed by atoms with van der Waals surface area (Å²) in [6, 6.07) is 0. The van der Waals surface area contributed by atoms with Gasteiger partial charge in [0.2, 0.25) is 5.82 Å². The zero-order chi connectivity index (χ0) is 14.7. The Balaban J connectivity index is 3.16. The molecule has 0 aliphatic heterocycles. The molecular weight excluding hydrogens is 252 g/mol. The first kappa shape index (κ1) is 14.9. The highest BCUT2D eigenvalue weighted by Crippen LogP contribution is 2.31. The molecule has 8 heteroatoms. The van der Waals surface area contributed by atoms with Gasteiger partial charge in [0.05, 0.1) is 10.8 Å². The molecule has 1 aromatic rings. The van der Waals surface area contributed by atoms with E-state index in [-0.39, 0.29) is 12.2 Å². The van der Waals surface area contributed by atoms with Crippen molar-refractivity contribution in [2.24, 2.45) is 5.92 Å². The molecule has 0 fully saturated rings.